The van der Waals surface area contributed by atoms with Crippen LogP contribution in [0.1, 0.15) is 0 Å². The van der Waals surface area contributed by atoms with Gasteiger partial charge in [0.2, 0.25) is 0 Å². The van der Waals surface area contributed by atoms with E-state index < -0.39 is 0 Å². The van der Waals surface area contributed by atoms with Crippen LogP contribution >= 0.6 is 0 Å². The van der Waals surface area contributed by atoms with Gasteiger partial charge in [-0.15, -0.1) is 0 Å². The van der Waals surface area contributed by atoms with E-state index in [-0.39, 0.29) is 17.1 Å². The van der Waals surface area contributed by atoms with Crippen molar-refractivity contribution in [3.8, 4) is 34.6 Å². The summed E-state index contributed by atoms with van der Waals surface area (Å²) < 4.78 is 0. The van der Waals surface area contributed by atoms with Crippen molar-refractivity contribution in [1.29, 1.82) is 0 Å². The number of rotatable bonds is 3. The van der Waals surface area contributed by atoms with E-state index in [1.54, 1.807) is 18.6 Å². The summed E-state index contributed by atoms with van der Waals surface area (Å²) >= 11 is 0. The molecule has 0 saturated heterocycles. The molecule has 0 aliphatic carbocycles. The molecule has 25 heavy (non-hydrogen) atoms. The topological polar surface area (TPSA) is 77.3 Å². The van der Waals surface area contributed by atoms with Crippen LogP contribution in [0, 0.1) is 0 Å². The standard InChI is InChI=1S/C18H12N6.Mn/c1-4-10-19-13(7-1)16-22-17(14-8-2-5-11-20-14)24-18(23-16)15-9-3-6-12-21-15;/h1-12H;. The van der Waals surface area contributed by atoms with Crippen LogP contribution in [0.2, 0.25) is 0 Å². The second-order valence-electron chi connectivity index (χ2n) is 4.95. The summed E-state index contributed by atoms with van der Waals surface area (Å²) in [4.78, 5) is 26.5. The van der Waals surface area contributed by atoms with Gasteiger partial charge in [-0.1, -0.05) is 18.2 Å². The molecule has 4 aromatic rings. The van der Waals surface area contributed by atoms with Crippen molar-refractivity contribution in [2.45, 2.75) is 0 Å². The van der Waals surface area contributed by atoms with Gasteiger partial charge in [-0.05, 0) is 36.4 Å². The Labute approximate surface area is 155 Å². The molecule has 4 aromatic heterocycles. The smallest absolute Gasteiger partial charge is 0.182 e. The molecular formula is C18H12MnN6. The zero-order chi connectivity index (χ0) is 16.2. The van der Waals surface area contributed by atoms with Crippen LogP contribution in [-0.2, 0) is 17.1 Å². The van der Waals surface area contributed by atoms with Crippen molar-refractivity contribution in [3.05, 3.63) is 73.2 Å². The fraction of sp³-hybridized carbons (Fsp3) is 0. The van der Waals surface area contributed by atoms with Crippen LogP contribution in [0.4, 0.5) is 0 Å². The summed E-state index contributed by atoms with van der Waals surface area (Å²) in [6.45, 7) is 0. The number of nitrogens with zero attached hydrogens (tertiary/aromatic N) is 6. The first-order valence-electron chi connectivity index (χ1n) is 7.40. The maximum absolute atomic E-state index is 4.52. The molecular weight excluding hydrogens is 355 g/mol. The molecule has 0 fully saturated rings. The Morgan fingerprint density at radius 2 is 0.760 bits per heavy atom. The molecule has 0 N–H and O–H groups in total. The Bertz CT molecular complexity index is 809. The minimum Gasteiger partial charge on any atom is -0.253 e. The van der Waals surface area contributed by atoms with Crippen molar-refractivity contribution in [1.82, 2.24) is 29.9 Å². The van der Waals surface area contributed by atoms with E-state index in [9.17, 15) is 0 Å². The van der Waals surface area contributed by atoms with Gasteiger partial charge in [0.05, 0.1) is 0 Å². The molecule has 0 spiro atoms. The molecule has 6 nitrogen and oxygen atoms in total. The first kappa shape index (κ1) is 16.8. The predicted molar refractivity (Wildman–Crippen MR) is 89.5 cm³/mol. The van der Waals surface area contributed by atoms with Gasteiger partial charge in [0.1, 0.15) is 17.1 Å². The molecule has 7 heteroatoms. The van der Waals surface area contributed by atoms with Crippen molar-refractivity contribution in [3.63, 3.8) is 0 Å². The maximum Gasteiger partial charge on any atom is 0.182 e. The molecule has 4 heterocycles. The van der Waals surface area contributed by atoms with E-state index in [1.807, 2.05) is 54.6 Å². The van der Waals surface area contributed by atoms with Crippen LogP contribution in [0.3, 0.4) is 0 Å². The molecule has 4 rings (SSSR count). The Morgan fingerprint density at radius 1 is 0.440 bits per heavy atom. The Hall–Kier alpha value is -3.02. The average Bonchev–Trinajstić information content (AvgIpc) is 2.70. The number of pyridine rings is 3. The van der Waals surface area contributed by atoms with Gasteiger partial charge in [0.25, 0.3) is 0 Å². The molecule has 0 bridgehead atoms. The first-order chi connectivity index (χ1) is 11.9. The molecule has 0 aliphatic heterocycles. The molecule has 121 valence electrons. The summed E-state index contributed by atoms with van der Waals surface area (Å²) in [6, 6.07) is 16.8. The van der Waals surface area contributed by atoms with Crippen molar-refractivity contribution in [2.75, 3.05) is 0 Å². The predicted octanol–water partition coefficient (Wildman–Crippen LogP) is 3.06. The minimum absolute atomic E-state index is 0. The molecule has 0 amide bonds. The zero-order valence-electron chi connectivity index (χ0n) is 13.0. The van der Waals surface area contributed by atoms with E-state index in [0.29, 0.717) is 34.6 Å². The van der Waals surface area contributed by atoms with Crippen LogP contribution in [0.25, 0.3) is 34.6 Å². The third kappa shape index (κ3) is 3.74. The first-order valence-corrected chi connectivity index (χ1v) is 7.40. The maximum atomic E-state index is 4.52. The molecule has 0 aromatic carbocycles. The van der Waals surface area contributed by atoms with Gasteiger partial charge in [0.15, 0.2) is 17.5 Å². The molecule has 1 radical (unpaired) electrons. The van der Waals surface area contributed by atoms with Gasteiger partial charge >= 0.3 is 0 Å². The van der Waals surface area contributed by atoms with E-state index in [0.717, 1.165) is 0 Å². The quantitative estimate of drug-likeness (QED) is 0.518. The molecule has 0 aliphatic rings. The van der Waals surface area contributed by atoms with E-state index >= 15 is 0 Å². The third-order valence-corrected chi connectivity index (χ3v) is 3.32. The zero-order valence-corrected chi connectivity index (χ0v) is 14.2. The normalized spacial score (nSPS) is 10.1. The fourth-order valence-corrected chi connectivity index (χ4v) is 2.20. The largest absolute Gasteiger partial charge is 0.253 e. The van der Waals surface area contributed by atoms with Crippen molar-refractivity contribution in [2.24, 2.45) is 0 Å². The average molecular weight is 367 g/mol. The molecule has 0 saturated carbocycles. The van der Waals surface area contributed by atoms with Crippen LogP contribution in [0.5, 0.6) is 0 Å². The van der Waals surface area contributed by atoms with Crippen LogP contribution in [0.15, 0.2) is 73.2 Å². The third-order valence-electron chi connectivity index (χ3n) is 3.32. The number of hydrogen-bond acceptors (Lipinski definition) is 6. The van der Waals surface area contributed by atoms with Crippen LogP contribution in [-0.4, -0.2) is 29.9 Å². The minimum atomic E-state index is 0. The number of hydrogen-bond donors (Lipinski definition) is 0. The second kappa shape index (κ2) is 7.70. The summed E-state index contributed by atoms with van der Waals surface area (Å²) in [6.07, 6.45) is 5.13. The van der Waals surface area contributed by atoms with Gasteiger partial charge in [-0.3, -0.25) is 15.0 Å². The molecule has 0 unspecified atom stereocenters. The van der Waals surface area contributed by atoms with Crippen LogP contribution < -0.4 is 0 Å². The van der Waals surface area contributed by atoms with Gasteiger partial charge in [-0.25, -0.2) is 15.0 Å². The Kier molecular flexibility index (Phi) is 5.18. The Morgan fingerprint density at radius 3 is 1.00 bits per heavy atom. The second-order valence-corrected chi connectivity index (χ2v) is 4.95. The summed E-state index contributed by atoms with van der Waals surface area (Å²) in [5.41, 5.74) is 2.03. The summed E-state index contributed by atoms with van der Waals surface area (Å²) in [5.74, 6) is 1.48. The summed E-state index contributed by atoms with van der Waals surface area (Å²) in [5, 5.41) is 0. The monoisotopic (exact) mass is 367 g/mol. The van der Waals surface area contributed by atoms with E-state index in [2.05, 4.69) is 29.9 Å². The van der Waals surface area contributed by atoms with Gasteiger partial charge in [0, 0.05) is 35.7 Å². The summed E-state index contributed by atoms with van der Waals surface area (Å²) in [7, 11) is 0. The number of aromatic nitrogens is 6. The SMILES string of the molecule is [Mn].c1ccc(-c2nc(-c3ccccn3)nc(-c3ccccn3)n2)nc1. The van der Waals surface area contributed by atoms with Gasteiger partial charge in [-0.2, -0.15) is 0 Å². The van der Waals surface area contributed by atoms with E-state index in [1.165, 1.54) is 0 Å². The van der Waals surface area contributed by atoms with E-state index in [4.69, 9.17) is 0 Å². The molecule has 0 atom stereocenters. The Balaban J connectivity index is 0.00000182. The van der Waals surface area contributed by atoms with Crippen molar-refractivity contribution < 1.29 is 17.1 Å². The van der Waals surface area contributed by atoms with Crippen molar-refractivity contribution >= 4 is 0 Å². The fourth-order valence-electron chi connectivity index (χ4n) is 2.20. The van der Waals surface area contributed by atoms with Gasteiger partial charge < -0.3 is 0 Å².